The Labute approximate surface area is 207 Å². The Morgan fingerprint density at radius 3 is 1.18 bits per heavy atom. The smallest absolute Gasteiger partial charge is 0.313 e. The van der Waals surface area contributed by atoms with Crippen molar-refractivity contribution in [2.24, 2.45) is 0 Å². The van der Waals surface area contributed by atoms with Crippen molar-refractivity contribution in [2.75, 3.05) is 6.61 Å². The summed E-state index contributed by atoms with van der Waals surface area (Å²) in [6.07, 6.45) is 30.1. The van der Waals surface area contributed by atoms with Crippen LogP contribution < -0.4 is 0 Å². The molecule has 3 nitrogen and oxygen atoms in total. The second-order valence-corrected chi connectivity index (χ2v) is 10.1. The van der Waals surface area contributed by atoms with E-state index in [0.717, 1.165) is 25.7 Å². The van der Waals surface area contributed by atoms with Crippen LogP contribution >= 0.6 is 0 Å². The quantitative estimate of drug-likeness (QED) is 0.0687. The van der Waals surface area contributed by atoms with Crippen LogP contribution in [-0.4, -0.2) is 18.4 Å². The van der Waals surface area contributed by atoms with E-state index in [-0.39, 0.29) is 18.2 Å². The van der Waals surface area contributed by atoms with Crippen molar-refractivity contribution < 1.29 is 14.3 Å². The van der Waals surface area contributed by atoms with Crippen LogP contribution in [0.1, 0.15) is 174 Å². The largest absolute Gasteiger partial charge is 0.465 e. The zero-order valence-electron chi connectivity index (χ0n) is 22.6. The highest BCUT2D eigenvalue weighted by atomic mass is 16.5. The summed E-state index contributed by atoms with van der Waals surface area (Å²) >= 11 is 0. The lowest BCUT2D eigenvalue weighted by molar-refractivity contribution is -0.146. The van der Waals surface area contributed by atoms with E-state index in [4.69, 9.17) is 4.74 Å². The molecule has 0 saturated carbocycles. The molecule has 0 aromatic rings. The summed E-state index contributed by atoms with van der Waals surface area (Å²) in [5, 5.41) is 0. The van der Waals surface area contributed by atoms with Gasteiger partial charge >= 0.3 is 5.97 Å². The molecule has 0 bridgehead atoms. The summed E-state index contributed by atoms with van der Waals surface area (Å²) in [6.45, 7) is 4.99. The summed E-state index contributed by atoms with van der Waals surface area (Å²) in [4.78, 5) is 23.8. The van der Waals surface area contributed by atoms with Gasteiger partial charge in [0.1, 0.15) is 12.2 Å². The SMILES string of the molecule is CCCCCCCCCCCCCCCC(=O)CC(=O)OCCCCCCCCCCCC. The lowest BCUT2D eigenvalue weighted by Crippen LogP contribution is -2.12. The summed E-state index contributed by atoms with van der Waals surface area (Å²) in [5.74, 6) is -0.281. The molecule has 0 aromatic heterocycles. The second-order valence-electron chi connectivity index (χ2n) is 10.1. The normalized spacial score (nSPS) is 11.1. The van der Waals surface area contributed by atoms with E-state index >= 15 is 0 Å². The highest BCUT2D eigenvalue weighted by molar-refractivity contribution is 5.95. The van der Waals surface area contributed by atoms with Crippen LogP contribution in [-0.2, 0) is 14.3 Å². The molecule has 0 amide bonds. The molecule has 0 aromatic carbocycles. The molecule has 196 valence electrons. The van der Waals surface area contributed by atoms with Crippen LogP contribution in [0.3, 0.4) is 0 Å². The molecule has 0 spiro atoms. The third kappa shape index (κ3) is 27.3. The van der Waals surface area contributed by atoms with Gasteiger partial charge in [-0.1, -0.05) is 149 Å². The molecule has 0 rings (SSSR count). The average Bonchev–Trinajstić information content (AvgIpc) is 2.80. The molecule has 0 radical (unpaired) electrons. The maximum absolute atomic E-state index is 12.0. The highest BCUT2D eigenvalue weighted by Gasteiger charge is 2.10. The van der Waals surface area contributed by atoms with Gasteiger partial charge in [0, 0.05) is 6.42 Å². The number of rotatable bonds is 27. The zero-order valence-corrected chi connectivity index (χ0v) is 22.6. The van der Waals surface area contributed by atoms with Gasteiger partial charge in [-0.05, 0) is 12.8 Å². The van der Waals surface area contributed by atoms with Gasteiger partial charge in [-0.3, -0.25) is 9.59 Å². The molecule has 0 aliphatic carbocycles. The van der Waals surface area contributed by atoms with Gasteiger partial charge in [-0.15, -0.1) is 0 Å². The van der Waals surface area contributed by atoms with E-state index in [1.54, 1.807) is 0 Å². The molecule has 0 unspecified atom stereocenters. The average molecular weight is 467 g/mol. The first-order valence-corrected chi connectivity index (χ1v) is 14.9. The minimum Gasteiger partial charge on any atom is -0.465 e. The molecular formula is C30H58O3. The number of carbonyl (C=O) groups is 2. The van der Waals surface area contributed by atoms with Gasteiger partial charge in [0.2, 0.25) is 0 Å². The van der Waals surface area contributed by atoms with E-state index in [0.29, 0.717) is 13.0 Å². The van der Waals surface area contributed by atoms with E-state index in [2.05, 4.69) is 13.8 Å². The fourth-order valence-electron chi connectivity index (χ4n) is 4.42. The minimum atomic E-state index is -0.328. The molecule has 0 atom stereocenters. The fourth-order valence-corrected chi connectivity index (χ4v) is 4.42. The maximum Gasteiger partial charge on any atom is 0.313 e. The standard InChI is InChI=1S/C30H58O3/c1-3-5-7-9-11-13-15-16-17-18-20-22-24-26-29(31)28-30(32)33-27-25-23-21-19-14-12-10-8-6-4-2/h3-28H2,1-2H3. The molecule has 0 saturated heterocycles. The molecule has 0 aliphatic heterocycles. The van der Waals surface area contributed by atoms with E-state index < -0.39 is 0 Å². The summed E-state index contributed by atoms with van der Waals surface area (Å²) in [6, 6.07) is 0. The number of Topliss-reactive ketones (excluding diaryl/α,β-unsaturated/α-hetero) is 1. The van der Waals surface area contributed by atoms with Crippen molar-refractivity contribution in [1.29, 1.82) is 0 Å². The van der Waals surface area contributed by atoms with Gasteiger partial charge in [0.05, 0.1) is 6.61 Å². The Balaban J connectivity index is 3.29. The third-order valence-corrected chi connectivity index (χ3v) is 6.66. The van der Waals surface area contributed by atoms with Crippen molar-refractivity contribution in [3.63, 3.8) is 0 Å². The Hall–Kier alpha value is -0.860. The number of hydrogen-bond donors (Lipinski definition) is 0. The number of ether oxygens (including phenoxy) is 1. The predicted octanol–water partition coefficient (Wildman–Crippen LogP) is 9.89. The van der Waals surface area contributed by atoms with Crippen molar-refractivity contribution in [2.45, 2.75) is 174 Å². The molecule has 0 fully saturated rings. The first-order valence-electron chi connectivity index (χ1n) is 14.9. The van der Waals surface area contributed by atoms with Crippen molar-refractivity contribution >= 4 is 11.8 Å². The van der Waals surface area contributed by atoms with Crippen LogP contribution in [0.4, 0.5) is 0 Å². The Kier molecular flexibility index (Phi) is 26.7. The summed E-state index contributed by atoms with van der Waals surface area (Å²) < 4.78 is 5.24. The second kappa shape index (κ2) is 27.4. The Bertz CT molecular complexity index is 419. The molecular weight excluding hydrogens is 408 g/mol. The van der Waals surface area contributed by atoms with Gasteiger partial charge < -0.3 is 4.74 Å². The minimum absolute atomic E-state index is 0.0317. The van der Waals surface area contributed by atoms with Gasteiger partial charge in [0.15, 0.2) is 0 Å². The van der Waals surface area contributed by atoms with Gasteiger partial charge in [-0.2, -0.15) is 0 Å². The lowest BCUT2D eigenvalue weighted by Gasteiger charge is -2.05. The topological polar surface area (TPSA) is 43.4 Å². The predicted molar refractivity (Wildman–Crippen MR) is 143 cm³/mol. The third-order valence-electron chi connectivity index (χ3n) is 6.66. The highest BCUT2D eigenvalue weighted by Crippen LogP contribution is 2.14. The van der Waals surface area contributed by atoms with Gasteiger partial charge in [-0.25, -0.2) is 0 Å². The molecule has 33 heavy (non-hydrogen) atoms. The molecule has 3 heteroatoms. The molecule has 0 heterocycles. The molecule has 0 N–H and O–H groups in total. The van der Waals surface area contributed by atoms with E-state index in [9.17, 15) is 9.59 Å². The summed E-state index contributed by atoms with van der Waals surface area (Å²) in [7, 11) is 0. The van der Waals surface area contributed by atoms with E-state index in [1.165, 1.54) is 122 Å². The zero-order chi connectivity index (χ0) is 24.2. The fraction of sp³-hybridized carbons (Fsp3) is 0.933. The summed E-state index contributed by atoms with van der Waals surface area (Å²) in [5.41, 5.74) is 0. The number of carbonyl (C=O) groups excluding carboxylic acids is 2. The van der Waals surface area contributed by atoms with Crippen LogP contribution in [0.5, 0.6) is 0 Å². The van der Waals surface area contributed by atoms with Gasteiger partial charge in [0.25, 0.3) is 0 Å². The number of hydrogen-bond acceptors (Lipinski definition) is 3. The molecule has 0 aliphatic rings. The van der Waals surface area contributed by atoms with Crippen LogP contribution in [0.15, 0.2) is 0 Å². The van der Waals surface area contributed by atoms with Crippen molar-refractivity contribution in [3.8, 4) is 0 Å². The van der Waals surface area contributed by atoms with Crippen molar-refractivity contribution in [3.05, 3.63) is 0 Å². The maximum atomic E-state index is 12.0. The van der Waals surface area contributed by atoms with Crippen LogP contribution in [0.25, 0.3) is 0 Å². The number of unbranched alkanes of at least 4 members (excludes halogenated alkanes) is 21. The lowest BCUT2D eigenvalue weighted by atomic mass is 10.0. The van der Waals surface area contributed by atoms with Crippen LogP contribution in [0, 0.1) is 0 Å². The first-order chi connectivity index (χ1) is 16.2. The Morgan fingerprint density at radius 1 is 0.455 bits per heavy atom. The van der Waals surface area contributed by atoms with Crippen LogP contribution in [0.2, 0.25) is 0 Å². The van der Waals surface area contributed by atoms with Crippen molar-refractivity contribution in [1.82, 2.24) is 0 Å². The number of ketones is 1. The Morgan fingerprint density at radius 2 is 0.788 bits per heavy atom. The number of esters is 1. The first kappa shape index (κ1) is 32.1. The van der Waals surface area contributed by atoms with E-state index in [1.807, 2.05) is 0 Å². The monoisotopic (exact) mass is 466 g/mol.